The van der Waals surface area contributed by atoms with Crippen LogP contribution in [0, 0.1) is 6.92 Å². The number of rotatable bonds is 11. The van der Waals surface area contributed by atoms with Gasteiger partial charge >= 0.3 is 5.97 Å². The highest BCUT2D eigenvalue weighted by molar-refractivity contribution is 7.99. The van der Waals surface area contributed by atoms with Crippen LogP contribution in [0.2, 0.25) is 5.02 Å². The van der Waals surface area contributed by atoms with E-state index in [4.69, 9.17) is 21.4 Å². The number of carbonyl (C=O) groups is 1. The quantitative estimate of drug-likeness (QED) is 0.506. The second-order valence-electron chi connectivity index (χ2n) is 6.32. The van der Waals surface area contributed by atoms with Crippen molar-refractivity contribution in [3.8, 4) is 5.75 Å². The third kappa shape index (κ3) is 6.92. The number of sulfonamides is 1. The fourth-order valence-corrected chi connectivity index (χ4v) is 5.58. The van der Waals surface area contributed by atoms with E-state index in [0.29, 0.717) is 36.0 Å². The van der Waals surface area contributed by atoms with Crippen molar-refractivity contribution >= 4 is 39.4 Å². The van der Waals surface area contributed by atoms with E-state index in [1.807, 2.05) is 26.0 Å². The average molecular weight is 458 g/mol. The number of nitrogens with zero attached hydrogens (tertiary/aromatic N) is 1. The maximum atomic E-state index is 12.9. The summed E-state index contributed by atoms with van der Waals surface area (Å²) in [6.45, 7) is 4.18. The highest BCUT2D eigenvalue weighted by atomic mass is 35.5. The minimum absolute atomic E-state index is 0.194. The zero-order valence-corrected chi connectivity index (χ0v) is 18.7. The van der Waals surface area contributed by atoms with Crippen molar-refractivity contribution in [1.29, 1.82) is 0 Å². The van der Waals surface area contributed by atoms with Crippen LogP contribution in [-0.2, 0) is 14.8 Å². The number of benzene rings is 2. The molecule has 0 bridgehead atoms. The highest BCUT2D eigenvalue weighted by Crippen LogP contribution is 2.26. The third-order valence-electron chi connectivity index (χ3n) is 4.01. The first-order valence-corrected chi connectivity index (χ1v) is 11.9. The number of halogens is 1. The molecular formula is C20H24ClNO5S2. The maximum Gasteiger partial charge on any atom is 0.341 e. The van der Waals surface area contributed by atoms with E-state index in [1.165, 1.54) is 22.1 Å². The van der Waals surface area contributed by atoms with Crippen LogP contribution in [0.3, 0.4) is 0 Å². The largest absolute Gasteiger partial charge is 0.482 e. The van der Waals surface area contributed by atoms with Crippen LogP contribution in [0.25, 0.3) is 0 Å². The van der Waals surface area contributed by atoms with Crippen molar-refractivity contribution in [3.63, 3.8) is 0 Å². The van der Waals surface area contributed by atoms with Gasteiger partial charge in [-0.2, -0.15) is 4.31 Å². The van der Waals surface area contributed by atoms with Crippen LogP contribution in [0.15, 0.2) is 52.3 Å². The summed E-state index contributed by atoms with van der Waals surface area (Å²) < 4.78 is 32.6. The Labute approximate surface area is 180 Å². The molecule has 0 spiro atoms. The van der Waals surface area contributed by atoms with E-state index in [9.17, 15) is 13.2 Å². The molecule has 0 fully saturated rings. The Morgan fingerprint density at radius 1 is 1.21 bits per heavy atom. The van der Waals surface area contributed by atoms with E-state index < -0.39 is 16.0 Å². The SMILES string of the molecule is CCCN(CCSc1ccc(OCC(=O)O)c(C)c1)S(=O)(=O)c1cccc(Cl)c1. The van der Waals surface area contributed by atoms with Crippen molar-refractivity contribution in [3.05, 3.63) is 53.1 Å². The number of carboxylic acid groups (broad SMARTS) is 1. The molecule has 29 heavy (non-hydrogen) atoms. The number of hydrogen-bond donors (Lipinski definition) is 1. The van der Waals surface area contributed by atoms with Crippen LogP contribution in [-0.4, -0.2) is 49.2 Å². The molecular weight excluding hydrogens is 434 g/mol. The molecule has 0 saturated carbocycles. The molecule has 2 aromatic rings. The lowest BCUT2D eigenvalue weighted by Crippen LogP contribution is -2.33. The second kappa shape index (κ2) is 10.9. The summed E-state index contributed by atoms with van der Waals surface area (Å²) in [6, 6.07) is 11.8. The van der Waals surface area contributed by atoms with Crippen molar-refractivity contribution in [2.24, 2.45) is 0 Å². The summed E-state index contributed by atoms with van der Waals surface area (Å²) in [7, 11) is -3.61. The Bertz CT molecular complexity index is 950. The minimum atomic E-state index is -3.61. The summed E-state index contributed by atoms with van der Waals surface area (Å²) in [5, 5.41) is 9.09. The third-order valence-corrected chi connectivity index (χ3v) is 7.12. The fourth-order valence-electron chi connectivity index (χ4n) is 2.66. The number of aliphatic carboxylic acids is 1. The molecule has 0 aliphatic carbocycles. The van der Waals surface area contributed by atoms with E-state index >= 15 is 0 Å². The van der Waals surface area contributed by atoms with Crippen LogP contribution in [0.5, 0.6) is 5.75 Å². The molecule has 0 amide bonds. The van der Waals surface area contributed by atoms with Gasteiger partial charge in [0.25, 0.3) is 0 Å². The molecule has 0 aliphatic rings. The van der Waals surface area contributed by atoms with Gasteiger partial charge in [-0.05, 0) is 55.3 Å². The predicted octanol–water partition coefficient (Wildman–Crippen LogP) is 4.30. The average Bonchev–Trinajstić information content (AvgIpc) is 2.66. The van der Waals surface area contributed by atoms with Gasteiger partial charge in [-0.25, -0.2) is 13.2 Å². The van der Waals surface area contributed by atoms with Gasteiger partial charge < -0.3 is 9.84 Å². The molecule has 2 aromatic carbocycles. The highest BCUT2D eigenvalue weighted by Gasteiger charge is 2.23. The molecule has 0 atom stereocenters. The molecule has 2 rings (SSSR count). The molecule has 0 aliphatic heterocycles. The van der Waals surface area contributed by atoms with Gasteiger partial charge in [0, 0.05) is 28.8 Å². The minimum Gasteiger partial charge on any atom is -0.482 e. The molecule has 0 saturated heterocycles. The van der Waals surface area contributed by atoms with Gasteiger partial charge in [0.15, 0.2) is 6.61 Å². The summed E-state index contributed by atoms with van der Waals surface area (Å²) in [5.41, 5.74) is 0.827. The maximum absolute atomic E-state index is 12.9. The van der Waals surface area contributed by atoms with Gasteiger partial charge in [-0.3, -0.25) is 0 Å². The summed E-state index contributed by atoms with van der Waals surface area (Å²) >= 11 is 7.49. The normalized spacial score (nSPS) is 11.6. The Kier molecular flexibility index (Phi) is 8.82. The van der Waals surface area contributed by atoms with Gasteiger partial charge in [0.05, 0.1) is 4.90 Å². The lowest BCUT2D eigenvalue weighted by Gasteiger charge is -2.21. The van der Waals surface area contributed by atoms with Crippen molar-refractivity contribution in [1.82, 2.24) is 4.31 Å². The molecule has 0 heterocycles. The van der Waals surface area contributed by atoms with E-state index in [0.717, 1.165) is 10.5 Å². The Hall–Kier alpha value is -1.74. The lowest BCUT2D eigenvalue weighted by atomic mass is 10.2. The molecule has 158 valence electrons. The fraction of sp³-hybridized carbons (Fsp3) is 0.350. The van der Waals surface area contributed by atoms with Crippen molar-refractivity contribution < 1.29 is 23.1 Å². The Morgan fingerprint density at radius 2 is 1.97 bits per heavy atom. The Balaban J connectivity index is 2.02. The van der Waals surface area contributed by atoms with Crippen LogP contribution in [0.1, 0.15) is 18.9 Å². The predicted molar refractivity (Wildman–Crippen MR) is 116 cm³/mol. The Morgan fingerprint density at radius 3 is 2.59 bits per heavy atom. The zero-order chi connectivity index (χ0) is 21.4. The second-order valence-corrected chi connectivity index (χ2v) is 9.86. The summed E-state index contributed by atoms with van der Waals surface area (Å²) in [5.74, 6) is 0.0712. The number of aryl methyl sites for hydroxylation is 1. The summed E-state index contributed by atoms with van der Waals surface area (Å²) in [6.07, 6.45) is 0.708. The molecule has 0 unspecified atom stereocenters. The number of ether oxygens (including phenoxy) is 1. The lowest BCUT2D eigenvalue weighted by molar-refractivity contribution is -0.139. The van der Waals surface area contributed by atoms with E-state index in [2.05, 4.69) is 0 Å². The van der Waals surface area contributed by atoms with E-state index in [-0.39, 0.29) is 11.5 Å². The number of thioether (sulfide) groups is 1. The van der Waals surface area contributed by atoms with Crippen LogP contribution < -0.4 is 4.74 Å². The molecule has 0 radical (unpaired) electrons. The number of carboxylic acids is 1. The number of hydrogen-bond acceptors (Lipinski definition) is 5. The first-order valence-electron chi connectivity index (χ1n) is 9.07. The van der Waals surface area contributed by atoms with Gasteiger partial charge in [-0.15, -0.1) is 11.8 Å². The topological polar surface area (TPSA) is 83.9 Å². The molecule has 9 heteroatoms. The van der Waals surface area contributed by atoms with Gasteiger partial charge in [0.2, 0.25) is 10.0 Å². The smallest absolute Gasteiger partial charge is 0.341 e. The van der Waals surface area contributed by atoms with Crippen LogP contribution >= 0.6 is 23.4 Å². The van der Waals surface area contributed by atoms with E-state index in [1.54, 1.807) is 24.3 Å². The standard InChI is InChI=1S/C20H24ClNO5S2/c1-3-9-22(29(25,26)18-6-4-5-16(21)13-18)10-11-28-17-7-8-19(15(2)12-17)27-14-20(23)24/h4-8,12-13H,3,9-11,14H2,1-2H3,(H,23,24). The summed E-state index contributed by atoms with van der Waals surface area (Å²) in [4.78, 5) is 11.8. The van der Waals surface area contributed by atoms with Crippen molar-refractivity contribution in [2.75, 3.05) is 25.4 Å². The van der Waals surface area contributed by atoms with Crippen molar-refractivity contribution in [2.45, 2.75) is 30.1 Å². The van der Waals surface area contributed by atoms with Gasteiger partial charge in [0.1, 0.15) is 5.75 Å². The monoisotopic (exact) mass is 457 g/mol. The first kappa shape index (κ1) is 23.5. The van der Waals surface area contributed by atoms with Gasteiger partial charge in [-0.1, -0.05) is 24.6 Å². The first-order chi connectivity index (χ1) is 13.7. The zero-order valence-electron chi connectivity index (χ0n) is 16.3. The molecule has 1 N–H and O–H groups in total. The molecule has 6 nitrogen and oxygen atoms in total. The van der Waals surface area contributed by atoms with Crippen LogP contribution in [0.4, 0.5) is 0 Å². The molecule has 0 aromatic heterocycles.